The summed E-state index contributed by atoms with van der Waals surface area (Å²) in [5, 5.41) is 9.07. The molecule has 0 unspecified atom stereocenters. The number of carbonyl (C=O) groups excluding carboxylic acids is 1. The van der Waals surface area contributed by atoms with E-state index in [1.54, 1.807) is 30.3 Å². The predicted molar refractivity (Wildman–Crippen MR) is 129 cm³/mol. The van der Waals surface area contributed by atoms with E-state index in [4.69, 9.17) is 14.7 Å². The highest BCUT2D eigenvalue weighted by Gasteiger charge is 2.11. The zero-order valence-corrected chi connectivity index (χ0v) is 18.6. The molecule has 0 bridgehead atoms. The van der Waals surface area contributed by atoms with Crippen molar-refractivity contribution in [3.05, 3.63) is 112 Å². The molecule has 0 aromatic heterocycles. The molecule has 3 aromatic rings. The Morgan fingerprint density at radius 3 is 2.67 bits per heavy atom. The molecule has 4 rings (SSSR count). The van der Waals surface area contributed by atoms with Crippen molar-refractivity contribution in [2.45, 2.75) is 33.0 Å². The number of benzene rings is 3. The SMILES string of the molecule is Cc1c(COc2ccc(C=O)c(OCc3cccc(C#N)c3)c2)cccc1C1=CCCC=C1. The summed E-state index contributed by atoms with van der Waals surface area (Å²) in [5.41, 5.74) is 6.68. The lowest BCUT2D eigenvalue weighted by molar-refractivity contribution is 0.111. The highest BCUT2D eigenvalue weighted by molar-refractivity contribution is 5.80. The van der Waals surface area contributed by atoms with Gasteiger partial charge in [-0.1, -0.05) is 48.6 Å². The second-order valence-electron chi connectivity index (χ2n) is 7.94. The number of aldehydes is 1. The lowest BCUT2D eigenvalue weighted by atomic mass is 9.93. The number of hydrogen-bond donors (Lipinski definition) is 0. The smallest absolute Gasteiger partial charge is 0.153 e. The van der Waals surface area contributed by atoms with Crippen LogP contribution in [0.3, 0.4) is 0 Å². The topological polar surface area (TPSA) is 59.3 Å². The molecule has 0 saturated heterocycles. The van der Waals surface area contributed by atoms with Gasteiger partial charge in [-0.3, -0.25) is 4.79 Å². The van der Waals surface area contributed by atoms with Crippen molar-refractivity contribution >= 4 is 11.9 Å². The fourth-order valence-electron chi connectivity index (χ4n) is 3.85. The van der Waals surface area contributed by atoms with Crippen molar-refractivity contribution in [2.75, 3.05) is 0 Å². The Hall–Kier alpha value is -4.10. The zero-order chi connectivity index (χ0) is 23.0. The van der Waals surface area contributed by atoms with Crippen LogP contribution in [0.2, 0.25) is 0 Å². The maximum absolute atomic E-state index is 11.5. The third kappa shape index (κ3) is 5.39. The molecule has 0 saturated carbocycles. The van der Waals surface area contributed by atoms with Crippen LogP contribution in [-0.2, 0) is 13.2 Å². The molecule has 0 atom stereocenters. The molecule has 0 amide bonds. The average Bonchev–Trinajstić information content (AvgIpc) is 2.87. The van der Waals surface area contributed by atoms with E-state index in [9.17, 15) is 4.79 Å². The van der Waals surface area contributed by atoms with E-state index in [1.165, 1.54) is 16.7 Å². The quantitative estimate of drug-likeness (QED) is 0.376. The van der Waals surface area contributed by atoms with E-state index in [0.717, 1.165) is 30.3 Å². The molecule has 0 heterocycles. The van der Waals surface area contributed by atoms with Crippen LogP contribution in [-0.4, -0.2) is 6.29 Å². The van der Waals surface area contributed by atoms with Gasteiger partial charge in [-0.15, -0.1) is 0 Å². The van der Waals surface area contributed by atoms with Gasteiger partial charge in [0.05, 0.1) is 17.2 Å². The molecule has 1 aliphatic carbocycles. The van der Waals surface area contributed by atoms with E-state index < -0.39 is 0 Å². The summed E-state index contributed by atoms with van der Waals surface area (Å²) in [6.45, 7) is 2.79. The summed E-state index contributed by atoms with van der Waals surface area (Å²) >= 11 is 0. The van der Waals surface area contributed by atoms with Gasteiger partial charge < -0.3 is 9.47 Å². The highest BCUT2D eigenvalue weighted by Crippen LogP contribution is 2.29. The maximum Gasteiger partial charge on any atom is 0.153 e. The minimum atomic E-state index is 0.254. The van der Waals surface area contributed by atoms with Gasteiger partial charge in [0.15, 0.2) is 6.29 Å². The molecule has 0 spiro atoms. The number of carbonyl (C=O) groups is 1. The molecular weight excluding hydrogens is 410 g/mol. The Morgan fingerprint density at radius 1 is 1.00 bits per heavy atom. The summed E-state index contributed by atoms with van der Waals surface area (Å²) in [7, 11) is 0. The highest BCUT2D eigenvalue weighted by atomic mass is 16.5. The summed E-state index contributed by atoms with van der Waals surface area (Å²) in [5.74, 6) is 1.08. The zero-order valence-electron chi connectivity index (χ0n) is 18.6. The monoisotopic (exact) mass is 435 g/mol. The number of nitriles is 1. The first-order valence-corrected chi connectivity index (χ1v) is 11.0. The maximum atomic E-state index is 11.5. The molecule has 0 N–H and O–H groups in total. The lowest BCUT2D eigenvalue weighted by Gasteiger charge is -2.15. The molecule has 4 nitrogen and oxygen atoms in total. The van der Waals surface area contributed by atoms with Crippen molar-refractivity contribution in [3.8, 4) is 17.6 Å². The van der Waals surface area contributed by atoms with Gasteiger partial charge in [0.25, 0.3) is 0 Å². The molecule has 3 aromatic carbocycles. The summed E-state index contributed by atoms with van der Waals surface area (Å²) in [4.78, 5) is 11.5. The first-order chi connectivity index (χ1) is 16.2. The number of hydrogen-bond acceptors (Lipinski definition) is 4. The molecular formula is C29H25NO3. The Balaban J connectivity index is 1.48. The lowest BCUT2D eigenvalue weighted by Crippen LogP contribution is -2.02. The Labute approximate surface area is 194 Å². The molecule has 4 heteroatoms. The van der Waals surface area contributed by atoms with E-state index in [-0.39, 0.29) is 6.61 Å². The van der Waals surface area contributed by atoms with Crippen molar-refractivity contribution in [1.29, 1.82) is 5.26 Å². The second-order valence-corrected chi connectivity index (χ2v) is 7.94. The van der Waals surface area contributed by atoms with Crippen LogP contribution in [0.15, 0.2) is 78.9 Å². The third-order valence-corrected chi connectivity index (χ3v) is 5.71. The van der Waals surface area contributed by atoms with Gasteiger partial charge in [-0.05, 0) is 71.9 Å². The van der Waals surface area contributed by atoms with Crippen molar-refractivity contribution in [2.24, 2.45) is 0 Å². The second kappa shape index (κ2) is 10.5. The summed E-state index contributed by atoms with van der Waals surface area (Å²) in [6.07, 6.45) is 9.61. The fourth-order valence-corrected chi connectivity index (χ4v) is 3.85. The first-order valence-electron chi connectivity index (χ1n) is 11.0. The van der Waals surface area contributed by atoms with Gasteiger partial charge >= 0.3 is 0 Å². The van der Waals surface area contributed by atoms with Crippen molar-refractivity contribution < 1.29 is 14.3 Å². The molecule has 164 valence electrons. The van der Waals surface area contributed by atoms with E-state index in [0.29, 0.717) is 29.2 Å². The summed E-state index contributed by atoms with van der Waals surface area (Å²) in [6, 6.07) is 20.8. The van der Waals surface area contributed by atoms with Gasteiger partial charge in [0, 0.05) is 6.07 Å². The number of nitrogens with zero attached hydrogens (tertiary/aromatic N) is 1. The van der Waals surface area contributed by atoms with Crippen LogP contribution in [0.4, 0.5) is 0 Å². The molecule has 1 aliphatic rings. The Bertz CT molecular complexity index is 1260. The number of rotatable bonds is 8. The molecule has 33 heavy (non-hydrogen) atoms. The predicted octanol–water partition coefficient (Wildman–Crippen LogP) is 6.57. The van der Waals surface area contributed by atoms with Gasteiger partial charge in [-0.25, -0.2) is 0 Å². The fraction of sp³-hybridized carbons (Fsp3) is 0.172. The minimum Gasteiger partial charge on any atom is -0.489 e. The average molecular weight is 436 g/mol. The number of ether oxygens (including phenoxy) is 2. The first kappa shape index (κ1) is 22.1. The van der Waals surface area contributed by atoms with Gasteiger partial charge in [0.1, 0.15) is 24.7 Å². The minimum absolute atomic E-state index is 0.254. The van der Waals surface area contributed by atoms with E-state index in [1.807, 2.05) is 12.1 Å². The molecule has 0 radical (unpaired) electrons. The van der Waals surface area contributed by atoms with E-state index >= 15 is 0 Å². The van der Waals surface area contributed by atoms with Crippen molar-refractivity contribution in [1.82, 2.24) is 0 Å². The normalized spacial score (nSPS) is 12.5. The Kier molecular flexibility index (Phi) is 7.02. The van der Waals surface area contributed by atoms with E-state index in [2.05, 4.69) is 49.4 Å². The number of allylic oxidation sites excluding steroid dienone is 4. The Morgan fingerprint density at radius 2 is 1.88 bits per heavy atom. The standard InChI is InChI=1S/C29H25NO3/c1-21-26(11-6-12-28(21)24-9-3-2-4-10-24)20-32-27-14-13-25(18-31)29(16-27)33-19-23-8-5-7-22(15-23)17-30/h3,5-16,18H,2,4,19-20H2,1H3. The van der Waals surface area contributed by atoms with Crippen LogP contribution < -0.4 is 9.47 Å². The summed E-state index contributed by atoms with van der Waals surface area (Å²) < 4.78 is 12.0. The molecule has 0 aliphatic heterocycles. The van der Waals surface area contributed by atoms with Crippen LogP contribution in [0.5, 0.6) is 11.5 Å². The van der Waals surface area contributed by atoms with Crippen molar-refractivity contribution in [3.63, 3.8) is 0 Å². The van der Waals surface area contributed by atoms with Crippen LogP contribution in [0.25, 0.3) is 5.57 Å². The third-order valence-electron chi connectivity index (χ3n) is 5.71. The molecule has 0 fully saturated rings. The largest absolute Gasteiger partial charge is 0.489 e. The van der Waals surface area contributed by atoms with Gasteiger partial charge in [-0.2, -0.15) is 5.26 Å². The van der Waals surface area contributed by atoms with Gasteiger partial charge in [0.2, 0.25) is 0 Å². The van der Waals surface area contributed by atoms with Crippen LogP contribution in [0.1, 0.15) is 51.0 Å². The van der Waals surface area contributed by atoms with Crippen LogP contribution >= 0.6 is 0 Å². The van der Waals surface area contributed by atoms with Crippen LogP contribution in [0, 0.1) is 18.3 Å².